The monoisotopic (exact) mass is 353 g/mol. The Hall–Kier alpha value is -2.43. The minimum absolute atomic E-state index is 0.136. The lowest BCUT2D eigenvalue weighted by Crippen LogP contribution is -2.30. The van der Waals surface area contributed by atoms with Crippen molar-refractivity contribution in [1.82, 2.24) is 14.5 Å². The molecule has 1 aliphatic heterocycles. The molecule has 0 saturated heterocycles. The van der Waals surface area contributed by atoms with Gasteiger partial charge in [-0.25, -0.2) is 4.98 Å². The summed E-state index contributed by atoms with van der Waals surface area (Å²) in [5, 5.41) is 0. The number of aromatic nitrogens is 2. The number of aryl methyl sites for hydroxylation is 1. The molecule has 2 amide bonds. The zero-order valence-corrected chi connectivity index (χ0v) is 15.3. The Bertz CT molecular complexity index is 690. The number of hydrogen-bond donors (Lipinski definition) is 0. The third kappa shape index (κ3) is 4.59. The summed E-state index contributed by atoms with van der Waals surface area (Å²) in [5.41, 5.74) is 1.10. The molecule has 0 fully saturated rings. The summed E-state index contributed by atoms with van der Waals surface area (Å²) >= 11 is 0. The van der Waals surface area contributed by atoms with Crippen LogP contribution in [0.15, 0.2) is 43.0 Å². The lowest BCUT2D eigenvalue weighted by Gasteiger charge is -2.13. The van der Waals surface area contributed by atoms with Gasteiger partial charge in [0.25, 0.3) is 11.8 Å². The molecule has 5 heteroatoms. The summed E-state index contributed by atoms with van der Waals surface area (Å²) in [5.74, 6) is -0.271. The second-order valence-corrected chi connectivity index (χ2v) is 6.94. The van der Waals surface area contributed by atoms with Gasteiger partial charge in [-0.2, -0.15) is 0 Å². The zero-order chi connectivity index (χ0) is 18.2. The van der Waals surface area contributed by atoms with E-state index in [1.807, 2.05) is 30.9 Å². The van der Waals surface area contributed by atoms with E-state index in [9.17, 15) is 9.59 Å². The number of carbonyl (C=O) groups excluding carboxylic acids is 2. The quantitative estimate of drug-likeness (QED) is 0.447. The van der Waals surface area contributed by atoms with Crippen molar-refractivity contribution >= 4 is 11.8 Å². The molecule has 5 nitrogen and oxygen atoms in total. The lowest BCUT2D eigenvalue weighted by atomic mass is 10.1. The van der Waals surface area contributed by atoms with Crippen LogP contribution in [0.1, 0.15) is 72.1 Å². The number of hydrogen-bond acceptors (Lipinski definition) is 3. The number of rotatable bonds is 11. The van der Waals surface area contributed by atoms with Gasteiger partial charge in [0, 0.05) is 25.5 Å². The first-order chi connectivity index (χ1) is 12.8. The van der Waals surface area contributed by atoms with Crippen molar-refractivity contribution in [2.45, 2.75) is 57.9 Å². The molecule has 0 atom stereocenters. The molecule has 0 N–H and O–H groups in total. The molecule has 1 aromatic heterocycles. The van der Waals surface area contributed by atoms with Crippen LogP contribution >= 0.6 is 0 Å². The average molecular weight is 353 g/mol. The second kappa shape index (κ2) is 9.32. The largest absolute Gasteiger partial charge is 0.337 e. The van der Waals surface area contributed by atoms with Gasteiger partial charge in [0.15, 0.2) is 0 Å². The Labute approximate surface area is 155 Å². The van der Waals surface area contributed by atoms with Gasteiger partial charge >= 0.3 is 0 Å². The maximum Gasteiger partial charge on any atom is 0.261 e. The van der Waals surface area contributed by atoms with Crippen LogP contribution in [0.25, 0.3) is 0 Å². The molecule has 2 aromatic rings. The molecule has 2 heterocycles. The fraction of sp³-hybridized carbons (Fsp3) is 0.476. The highest BCUT2D eigenvalue weighted by Crippen LogP contribution is 2.23. The Morgan fingerprint density at radius 2 is 1.27 bits per heavy atom. The van der Waals surface area contributed by atoms with Gasteiger partial charge in [0.05, 0.1) is 17.5 Å². The summed E-state index contributed by atoms with van der Waals surface area (Å²) in [6.07, 6.45) is 15.1. The first-order valence-corrected chi connectivity index (χ1v) is 9.68. The van der Waals surface area contributed by atoms with E-state index in [2.05, 4.69) is 9.55 Å². The van der Waals surface area contributed by atoms with Crippen molar-refractivity contribution < 1.29 is 9.59 Å². The molecule has 138 valence electrons. The van der Waals surface area contributed by atoms with Crippen molar-refractivity contribution in [2.24, 2.45) is 0 Å². The van der Waals surface area contributed by atoms with Crippen LogP contribution in [0, 0.1) is 0 Å². The standard InChI is InChI=1S/C21H27N3O2/c25-20-18-11-7-8-12-19(18)21(26)24(20)15-10-6-4-2-1-3-5-9-14-23-16-13-22-17-23/h7-8,11-13,16-17H,1-6,9-10,14-15H2. The molecule has 0 bridgehead atoms. The van der Waals surface area contributed by atoms with Crippen LogP contribution in [0.5, 0.6) is 0 Å². The molecule has 0 unspecified atom stereocenters. The number of nitrogens with zero attached hydrogens (tertiary/aromatic N) is 3. The number of carbonyl (C=O) groups is 2. The molecular weight excluding hydrogens is 326 g/mol. The van der Waals surface area contributed by atoms with Gasteiger partial charge < -0.3 is 4.57 Å². The lowest BCUT2D eigenvalue weighted by molar-refractivity contribution is 0.0651. The van der Waals surface area contributed by atoms with E-state index in [1.54, 1.807) is 12.1 Å². The van der Waals surface area contributed by atoms with Crippen molar-refractivity contribution in [1.29, 1.82) is 0 Å². The third-order valence-corrected chi connectivity index (χ3v) is 4.99. The summed E-state index contributed by atoms with van der Waals surface area (Å²) < 4.78 is 2.12. The van der Waals surface area contributed by atoms with E-state index in [0.29, 0.717) is 17.7 Å². The molecule has 26 heavy (non-hydrogen) atoms. The Kier molecular flexibility index (Phi) is 6.58. The summed E-state index contributed by atoms with van der Waals surface area (Å²) in [6.45, 7) is 1.59. The van der Waals surface area contributed by atoms with Gasteiger partial charge in [-0.1, -0.05) is 50.7 Å². The van der Waals surface area contributed by atoms with Crippen LogP contribution in [0.4, 0.5) is 0 Å². The number of imidazole rings is 1. The number of amides is 2. The number of unbranched alkanes of at least 4 members (excludes halogenated alkanes) is 7. The van der Waals surface area contributed by atoms with E-state index >= 15 is 0 Å². The number of fused-ring (bicyclic) bond motifs is 1. The molecular formula is C21H27N3O2. The smallest absolute Gasteiger partial charge is 0.261 e. The van der Waals surface area contributed by atoms with Gasteiger partial charge in [0.2, 0.25) is 0 Å². The highest BCUT2D eigenvalue weighted by atomic mass is 16.2. The fourth-order valence-electron chi connectivity index (χ4n) is 3.49. The summed E-state index contributed by atoms with van der Waals surface area (Å²) in [4.78, 5) is 30.0. The van der Waals surface area contributed by atoms with Gasteiger partial charge in [-0.3, -0.25) is 14.5 Å². The van der Waals surface area contributed by atoms with Gasteiger partial charge in [-0.05, 0) is 25.0 Å². The van der Waals surface area contributed by atoms with Gasteiger partial charge in [0.1, 0.15) is 0 Å². The molecule has 1 aliphatic rings. The van der Waals surface area contributed by atoms with Crippen LogP contribution in [0.3, 0.4) is 0 Å². The SMILES string of the molecule is O=C1c2ccccc2C(=O)N1CCCCCCCCCCn1ccnc1. The zero-order valence-electron chi connectivity index (χ0n) is 15.3. The summed E-state index contributed by atoms with van der Waals surface area (Å²) in [6, 6.07) is 7.09. The second-order valence-electron chi connectivity index (χ2n) is 6.94. The van der Waals surface area contributed by atoms with Crippen LogP contribution in [-0.2, 0) is 6.54 Å². The van der Waals surface area contributed by atoms with Crippen LogP contribution < -0.4 is 0 Å². The maximum atomic E-state index is 12.3. The number of benzene rings is 1. The average Bonchev–Trinajstić information content (AvgIpc) is 3.26. The normalized spacial score (nSPS) is 13.5. The third-order valence-electron chi connectivity index (χ3n) is 4.99. The topological polar surface area (TPSA) is 55.2 Å². The van der Waals surface area contributed by atoms with E-state index in [0.717, 1.165) is 19.4 Å². The highest BCUT2D eigenvalue weighted by molar-refractivity contribution is 6.21. The Morgan fingerprint density at radius 3 is 1.81 bits per heavy atom. The number of imide groups is 1. The highest BCUT2D eigenvalue weighted by Gasteiger charge is 2.34. The van der Waals surface area contributed by atoms with Crippen molar-refractivity contribution in [3.63, 3.8) is 0 Å². The van der Waals surface area contributed by atoms with E-state index in [-0.39, 0.29) is 11.8 Å². The predicted octanol–water partition coefficient (Wildman–Crippen LogP) is 4.30. The summed E-state index contributed by atoms with van der Waals surface area (Å²) in [7, 11) is 0. The molecule has 3 rings (SSSR count). The molecule has 0 saturated carbocycles. The molecule has 0 spiro atoms. The van der Waals surface area contributed by atoms with Crippen LogP contribution in [-0.4, -0.2) is 32.8 Å². The van der Waals surface area contributed by atoms with Crippen LogP contribution in [0.2, 0.25) is 0 Å². The van der Waals surface area contributed by atoms with E-state index in [4.69, 9.17) is 0 Å². The van der Waals surface area contributed by atoms with Crippen molar-refractivity contribution in [3.8, 4) is 0 Å². The Morgan fingerprint density at radius 1 is 0.731 bits per heavy atom. The fourth-order valence-corrected chi connectivity index (χ4v) is 3.49. The molecule has 0 aliphatic carbocycles. The molecule has 0 radical (unpaired) electrons. The minimum atomic E-state index is -0.136. The van der Waals surface area contributed by atoms with Gasteiger partial charge in [-0.15, -0.1) is 0 Å². The predicted molar refractivity (Wildman–Crippen MR) is 101 cm³/mol. The van der Waals surface area contributed by atoms with Crippen molar-refractivity contribution in [2.75, 3.05) is 6.54 Å². The first-order valence-electron chi connectivity index (χ1n) is 9.68. The molecule has 1 aromatic carbocycles. The first kappa shape index (κ1) is 18.4. The van der Waals surface area contributed by atoms with E-state index in [1.165, 1.54) is 43.4 Å². The Balaban J connectivity index is 1.22. The maximum absolute atomic E-state index is 12.3. The van der Waals surface area contributed by atoms with Crippen molar-refractivity contribution in [3.05, 3.63) is 54.1 Å². The van der Waals surface area contributed by atoms with E-state index < -0.39 is 0 Å². The minimum Gasteiger partial charge on any atom is -0.337 e.